The lowest BCUT2D eigenvalue weighted by molar-refractivity contribution is -0.121. The van der Waals surface area contributed by atoms with Crippen LogP contribution in [-0.2, 0) is 4.79 Å². The second-order valence-corrected chi connectivity index (χ2v) is 5.66. The second-order valence-electron chi connectivity index (χ2n) is 5.28. The third-order valence-corrected chi connectivity index (χ3v) is 3.58. The molecule has 0 spiro atoms. The van der Waals surface area contributed by atoms with Crippen LogP contribution in [0.25, 0.3) is 5.57 Å². The molecular formula is C20H24N2O2S. The molecule has 0 fully saturated rings. The minimum Gasteiger partial charge on any atom is -0.472 e. The van der Waals surface area contributed by atoms with E-state index in [2.05, 4.69) is 18.5 Å². The third-order valence-electron chi connectivity index (χ3n) is 3.27. The topological polar surface area (TPSA) is 45.5 Å². The summed E-state index contributed by atoms with van der Waals surface area (Å²) in [5.74, 6) is -0.164. The highest BCUT2D eigenvalue weighted by atomic mass is 32.1. The average molecular weight is 356 g/mol. The smallest absolute Gasteiger partial charge is 0.263 e. The molecule has 1 unspecified atom stereocenters. The fourth-order valence-corrected chi connectivity index (χ4v) is 2.29. The van der Waals surface area contributed by atoms with E-state index >= 15 is 0 Å². The van der Waals surface area contributed by atoms with Crippen LogP contribution in [0.15, 0.2) is 78.3 Å². The summed E-state index contributed by atoms with van der Waals surface area (Å²) < 4.78 is 4.81. The Kier molecular flexibility index (Phi) is 8.36. The first-order chi connectivity index (χ1) is 11.9. The van der Waals surface area contributed by atoms with E-state index in [1.807, 2.05) is 45.1 Å². The zero-order chi connectivity index (χ0) is 18.8. The molecule has 4 nitrogen and oxygen atoms in total. The maximum absolute atomic E-state index is 12.1. The molecule has 2 heterocycles. The van der Waals surface area contributed by atoms with Gasteiger partial charge in [0.25, 0.3) is 5.91 Å². The Hall–Kier alpha value is -2.66. The highest BCUT2D eigenvalue weighted by molar-refractivity contribution is 7.80. The van der Waals surface area contributed by atoms with Crippen LogP contribution in [0, 0.1) is 0 Å². The van der Waals surface area contributed by atoms with Gasteiger partial charge >= 0.3 is 0 Å². The van der Waals surface area contributed by atoms with E-state index in [-0.39, 0.29) is 11.9 Å². The van der Waals surface area contributed by atoms with Crippen LogP contribution in [-0.4, -0.2) is 22.0 Å². The van der Waals surface area contributed by atoms with Crippen molar-refractivity contribution in [1.82, 2.24) is 10.2 Å². The molecule has 1 amide bonds. The SMILES string of the molecule is C=C(C)c1ccoc1.C=CC1=CC(/C=C\C)NC(=S)N(/C=C/C)C1=O. The van der Waals surface area contributed by atoms with Gasteiger partial charge in [-0.2, -0.15) is 0 Å². The fraction of sp³-hybridized carbons (Fsp3) is 0.200. The van der Waals surface area contributed by atoms with Gasteiger partial charge in [0, 0.05) is 17.3 Å². The Morgan fingerprint density at radius 1 is 1.40 bits per heavy atom. The largest absolute Gasteiger partial charge is 0.472 e. The first-order valence-corrected chi connectivity index (χ1v) is 8.27. The normalized spacial score (nSPS) is 17.6. The number of nitrogens with zero attached hydrogens (tertiary/aromatic N) is 1. The van der Waals surface area contributed by atoms with E-state index in [0.717, 1.165) is 11.1 Å². The molecule has 0 bridgehead atoms. The number of hydrogen-bond donors (Lipinski definition) is 1. The van der Waals surface area contributed by atoms with Crippen molar-refractivity contribution >= 4 is 28.8 Å². The number of hydrogen-bond acceptors (Lipinski definition) is 3. The second kappa shape index (κ2) is 10.3. The van der Waals surface area contributed by atoms with Crippen molar-refractivity contribution in [2.45, 2.75) is 26.8 Å². The fourth-order valence-electron chi connectivity index (χ4n) is 2.01. The van der Waals surface area contributed by atoms with E-state index in [4.69, 9.17) is 16.6 Å². The number of nitrogens with one attached hydrogen (secondary N) is 1. The van der Waals surface area contributed by atoms with Crippen LogP contribution < -0.4 is 5.32 Å². The molecule has 2 rings (SSSR count). The molecule has 0 radical (unpaired) electrons. The van der Waals surface area contributed by atoms with E-state index in [1.54, 1.807) is 30.9 Å². The van der Waals surface area contributed by atoms with Crippen molar-refractivity contribution < 1.29 is 9.21 Å². The lowest BCUT2D eigenvalue weighted by Crippen LogP contribution is -2.41. The van der Waals surface area contributed by atoms with Crippen molar-refractivity contribution in [1.29, 1.82) is 0 Å². The van der Waals surface area contributed by atoms with Gasteiger partial charge in [-0.25, -0.2) is 0 Å². The van der Waals surface area contributed by atoms with Crippen LogP contribution in [0.3, 0.4) is 0 Å². The highest BCUT2D eigenvalue weighted by Gasteiger charge is 2.23. The molecule has 1 aromatic heterocycles. The minimum atomic E-state index is -0.164. The van der Waals surface area contributed by atoms with Gasteiger partial charge in [0.2, 0.25) is 0 Å². The van der Waals surface area contributed by atoms with Gasteiger partial charge in [-0.3, -0.25) is 9.69 Å². The first kappa shape index (κ1) is 20.4. The number of thiocarbonyl (C=S) groups is 1. The zero-order valence-corrected chi connectivity index (χ0v) is 15.7. The number of carbonyl (C=O) groups is 1. The number of rotatable bonds is 4. The van der Waals surface area contributed by atoms with Gasteiger partial charge in [-0.15, -0.1) is 0 Å². The molecule has 132 valence electrons. The Labute approximate surface area is 154 Å². The number of furan rings is 1. The lowest BCUT2D eigenvalue weighted by Gasteiger charge is -2.18. The maximum Gasteiger partial charge on any atom is 0.263 e. The van der Waals surface area contributed by atoms with Crippen LogP contribution >= 0.6 is 12.2 Å². The molecule has 5 heteroatoms. The summed E-state index contributed by atoms with van der Waals surface area (Å²) in [6.45, 7) is 13.1. The number of allylic oxidation sites excluding steroid dienone is 3. The number of carbonyl (C=O) groups excluding carboxylic acids is 1. The number of amides is 1. The molecule has 1 atom stereocenters. The summed E-state index contributed by atoms with van der Waals surface area (Å²) in [4.78, 5) is 13.5. The molecule has 0 saturated heterocycles. The Morgan fingerprint density at radius 3 is 2.56 bits per heavy atom. The summed E-state index contributed by atoms with van der Waals surface area (Å²) in [6.07, 6.45) is 13.9. The highest BCUT2D eigenvalue weighted by Crippen LogP contribution is 2.12. The summed E-state index contributed by atoms with van der Waals surface area (Å²) in [6, 6.07) is 1.81. The molecular weight excluding hydrogens is 332 g/mol. The molecule has 1 N–H and O–H groups in total. The van der Waals surface area contributed by atoms with E-state index in [1.165, 1.54) is 4.90 Å². The molecule has 0 aliphatic carbocycles. The van der Waals surface area contributed by atoms with Crippen molar-refractivity contribution in [2.75, 3.05) is 0 Å². The molecule has 1 aromatic rings. The molecule has 1 aliphatic heterocycles. The van der Waals surface area contributed by atoms with E-state index < -0.39 is 0 Å². The van der Waals surface area contributed by atoms with E-state index in [9.17, 15) is 4.79 Å². The van der Waals surface area contributed by atoms with Crippen molar-refractivity contribution in [2.24, 2.45) is 0 Å². The molecule has 0 aromatic carbocycles. The summed E-state index contributed by atoms with van der Waals surface area (Å²) in [5.41, 5.74) is 2.65. The Balaban J connectivity index is 0.000000324. The van der Waals surface area contributed by atoms with Gasteiger partial charge in [0.05, 0.1) is 18.6 Å². The van der Waals surface area contributed by atoms with Gasteiger partial charge in [-0.1, -0.05) is 37.5 Å². The van der Waals surface area contributed by atoms with Gasteiger partial charge < -0.3 is 9.73 Å². The monoisotopic (exact) mass is 356 g/mol. The first-order valence-electron chi connectivity index (χ1n) is 7.86. The Bertz CT molecular complexity index is 712. The van der Waals surface area contributed by atoms with Crippen molar-refractivity contribution in [3.05, 3.63) is 79.5 Å². The molecule has 25 heavy (non-hydrogen) atoms. The summed E-state index contributed by atoms with van der Waals surface area (Å²) in [7, 11) is 0. The molecule has 0 saturated carbocycles. The molecule has 1 aliphatic rings. The lowest BCUT2D eigenvalue weighted by atomic mass is 10.1. The van der Waals surface area contributed by atoms with Crippen LogP contribution in [0.2, 0.25) is 0 Å². The third kappa shape index (κ3) is 6.04. The average Bonchev–Trinajstić information content (AvgIpc) is 3.09. The van der Waals surface area contributed by atoms with Crippen molar-refractivity contribution in [3.8, 4) is 0 Å². The predicted molar refractivity (Wildman–Crippen MR) is 108 cm³/mol. The predicted octanol–water partition coefficient (Wildman–Crippen LogP) is 4.61. The maximum atomic E-state index is 12.1. The van der Waals surface area contributed by atoms with Crippen LogP contribution in [0.1, 0.15) is 26.3 Å². The Morgan fingerprint density at radius 2 is 2.12 bits per heavy atom. The van der Waals surface area contributed by atoms with Gasteiger partial charge in [0.1, 0.15) is 0 Å². The van der Waals surface area contributed by atoms with Crippen LogP contribution in [0.5, 0.6) is 0 Å². The zero-order valence-electron chi connectivity index (χ0n) is 14.9. The summed E-state index contributed by atoms with van der Waals surface area (Å²) in [5, 5.41) is 3.48. The van der Waals surface area contributed by atoms with E-state index in [0.29, 0.717) is 10.7 Å². The van der Waals surface area contributed by atoms with Gasteiger partial charge in [-0.05, 0) is 50.7 Å². The van der Waals surface area contributed by atoms with Crippen molar-refractivity contribution in [3.63, 3.8) is 0 Å². The van der Waals surface area contributed by atoms with Gasteiger partial charge in [0.15, 0.2) is 5.11 Å². The quantitative estimate of drug-likeness (QED) is 0.632. The van der Waals surface area contributed by atoms with Crippen LogP contribution in [0.4, 0.5) is 0 Å². The standard InChI is InChI=1S/C13H16N2OS.C7H8O/c1-4-7-11-9-10(6-3)12(16)15(8-5-2)13(17)14-11;1-6(2)7-3-4-8-5-7/h4-9,11H,3H2,1-2H3,(H,14,17);3-5H,1H2,2H3/b7-4-,8-5+;. The minimum absolute atomic E-state index is 0.0836. The summed E-state index contributed by atoms with van der Waals surface area (Å²) >= 11 is 5.19.